The average Bonchev–Trinajstić information content (AvgIpc) is 2.16. The van der Waals surface area contributed by atoms with Crippen LogP contribution in [0.1, 0.15) is 13.3 Å². The molecule has 1 unspecified atom stereocenters. The Kier molecular flexibility index (Phi) is 4.43. The van der Waals surface area contributed by atoms with Crippen LogP contribution in [0.4, 0.5) is 17.1 Å². The monoisotopic (exact) mass is 223 g/mol. The number of anilines is 3. The van der Waals surface area contributed by atoms with Crippen LogP contribution in [0.25, 0.3) is 0 Å². The van der Waals surface area contributed by atoms with E-state index in [9.17, 15) is 5.11 Å². The number of nitrogens with zero attached hydrogens (tertiary/aromatic N) is 1. The van der Waals surface area contributed by atoms with Gasteiger partial charge in [0.2, 0.25) is 0 Å². The molecule has 0 fully saturated rings. The Morgan fingerprint density at radius 3 is 2.69 bits per heavy atom. The predicted molar refractivity (Wildman–Crippen MR) is 70.0 cm³/mol. The summed E-state index contributed by atoms with van der Waals surface area (Å²) in [7, 11) is 3.98. The van der Waals surface area contributed by atoms with Gasteiger partial charge in [-0.05, 0) is 31.5 Å². The molecule has 90 valence electrons. The number of rotatable bonds is 5. The summed E-state index contributed by atoms with van der Waals surface area (Å²) in [6.45, 7) is 2.52. The standard InChI is InChI=1S/C12H21N3O/c1-9(16)6-7-14-11-8-10(13)4-5-12(11)15(2)3/h4-5,8-9,14,16H,6-7,13H2,1-3H3. The summed E-state index contributed by atoms with van der Waals surface area (Å²) < 4.78 is 0. The van der Waals surface area contributed by atoms with Gasteiger partial charge in [0.1, 0.15) is 0 Å². The van der Waals surface area contributed by atoms with Gasteiger partial charge in [0.05, 0.1) is 17.5 Å². The Labute approximate surface area is 97.1 Å². The maximum Gasteiger partial charge on any atom is 0.0598 e. The second-order valence-corrected chi connectivity index (χ2v) is 4.24. The van der Waals surface area contributed by atoms with Gasteiger partial charge in [-0.25, -0.2) is 0 Å². The quantitative estimate of drug-likeness (QED) is 0.662. The fourth-order valence-corrected chi connectivity index (χ4v) is 1.50. The SMILES string of the molecule is CC(O)CCNc1cc(N)ccc1N(C)C. The Hall–Kier alpha value is -1.42. The largest absolute Gasteiger partial charge is 0.399 e. The first-order valence-electron chi connectivity index (χ1n) is 5.49. The van der Waals surface area contributed by atoms with E-state index in [1.54, 1.807) is 6.92 Å². The molecule has 16 heavy (non-hydrogen) atoms. The van der Waals surface area contributed by atoms with Crippen molar-refractivity contribution in [3.63, 3.8) is 0 Å². The molecule has 0 saturated carbocycles. The molecule has 4 N–H and O–H groups in total. The van der Waals surface area contributed by atoms with Crippen molar-refractivity contribution in [2.45, 2.75) is 19.4 Å². The lowest BCUT2D eigenvalue weighted by Crippen LogP contribution is -2.15. The molecule has 0 spiro atoms. The highest BCUT2D eigenvalue weighted by molar-refractivity contribution is 5.73. The first-order chi connectivity index (χ1) is 7.50. The summed E-state index contributed by atoms with van der Waals surface area (Å²) in [6.07, 6.45) is 0.443. The fourth-order valence-electron chi connectivity index (χ4n) is 1.50. The van der Waals surface area contributed by atoms with Crippen molar-refractivity contribution >= 4 is 17.1 Å². The number of hydrogen-bond acceptors (Lipinski definition) is 4. The number of benzene rings is 1. The van der Waals surface area contributed by atoms with Crippen LogP contribution in [0, 0.1) is 0 Å². The van der Waals surface area contributed by atoms with E-state index < -0.39 is 0 Å². The molecule has 0 saturated heterocycles. The van der Waals surface area contributed by atoms with Gasteiger partial charge in [-0.2, -0.15) is 0 Å². The van der Waals surface area contributed by atoms with Gasteiger partial charge >= 0.3 is 0 Å². The number of nitrogen functional groups attached to an aromatic ring is 1. The molecule has 1 atom stereocenters. The van der Waals surface area contributed by atoms with E-state index in [-0.39, 0.29) is 6.10 Å². The van der Waals surface area contributed by atoms with E-state index in [0.717, 1.165) is 30.0 Å². The van der Waals surface area contributed by atoms with E-state index in [2.05, 4.69) is 5.32 Å². The lowest BCUT2D eigenvalue weighted by atomic mass is 10.2. The highest BCUT2D eigenvalue weighted by Gasteiger charge is 2.04. The zero-order valence-corrected chi connectivity index (χ0v) is 10.2. The van der Waals surface area contributed by atoms with Crippen LogP contribution in [0.5, 0.6) is 0 Å². The minimum absolute atomic E-state index is 0.281. The van der Waals surface area contributed by atoms with Gasteiger partial charge in [-0.3, -0.25) is 0 Å². The fraction of sp³-hybridized carbons (Fsp3) is 0.500. The summed E-state index contributed by atoms with van der Waals surface area (Å²) in [5, 5.41) is 12.5. The number of aliphatic hydroxyl groups is 1. The van der Waals surface area contributed by atoms with Crippen LogP contribution < -0.4 is 16.0 Å². The van der Waals surface area contributed by atoms with Crippen LogP contribution >= 0.6 is 0 Å². The van der Waals surface area contributed by atoms with Gasteiger partial charge in [-0.15, -0.1) is 0 Å². The Morgan fingerprint density at radius 2 is 2.12 bits per heavy atom. The first kappa shape index (κ1) is 12.6. The summed E-state index contributed by atoms with van der Waals surface area (Å²) in [6, 6.07) is 5.78. The third-order valence-corrected chi connectivity index (χ3v) is 2.38. The highest BCUT2D eigenvalue weighted by atomic mass is 16.3. The zero-order valence-electron chi connectivity index (χ0n) is 10.2. The summed E-state index contributed by atoms with van der Waals surface area (Å²) in [5.41, 5.74) is 8.59. The summed E-state index contributed by atoms with van der Waals surface area (Å²) >= 11 is 0. The molecule has 4 heteroatoms. The second kappa shape index (κ2) is 5.61. The van der Waals surface area contributed by atoms with Gasteiger partial charge in [-0.1, -0.05) is 0 Å². The van der Waals surface area contributed by atoms with E-state index in [1.807, 2.05) is 37.2 Å². The minimum atomic E-state index is -0.281. The van der Waals surface area contributed by atoms with Crippen molar-refractivity contribution in [3.05, 3.63) is 18.2 Å². The van der Waals surface area contributed by atoms with Crippen molar-refractivity contribution in [2.75, 3.05) is 36.6 Å². The van der Waals surface area contributed by atoms with Gasteiger partial charge in [0.25, 0.3) is 0 Å². The highest BCUT2D eigenvalue weighted by Crippen LogP contribution is 2.26. The third-order valence-electron chi connectivity index (χ3n) is 2.38. The molecule has 1 aromatic carbocycles. The topological polar surface area (TPSA) is 61.5 Å². The van der Waals surface area contributed by atoms with Gasteiger partial charge < -0.3 is 21.1 Å². The van der Waals surface area contributed by atoms with Crippen molar-refractivity contribution < 1.29 is 5.11 Å². The second-order valence-electron chi connectivity index (χ2n) is 4.24. The summed E-state index contributed by atoms with van der Waals surface area (Å²) in [5.74, 6) is 0. The predicted octanol–water partition coefficient (Wildman–Crippen LogP) is 1.52. The Bertz CT molecular complexity index is 337. The number of aliphatic hydroxyl groups excluding tert-OH is 1. The van der Waals surface area contributed by atoms with E-state index in [1.165, 1.54) is 0 Å². The Balaban J connectivity index is 2.72. The minimum Gasteiger partial charge on any atom is -0.399 e. The molecule has 0 heterocycles. The average molecular weight is 223 g/mol. The smallest absolute Gasteiger partial charge is 0.0598 e. The maximum absolute atomic E-state index is 9.19. The summed E-state index contributed by atoms with van der Waals surface area (Å²) in [4.78, 5) is 2.03. The molecule has 0 aliphatic heterocycles. The van der Waals surface area contributed by atoms with Crippen LogP contribution in [-0.2, 0) is 0 Å². The van der Waals surface area contributed by atoms with Crippen molar-refractivity contribution in [1.82, 2.24) is 0 Å². The Morgan fingerprint density at radius 1 is 1.44 bits per heavy atom. The molecular formula is C12H21N3O. The van der Waals surface area contributed by atoms with Crippen molar-refractivity contribution in [3.8, 4) is 0 Å². The first-order valence-corrected chi connectivity index (χ1v) is 5.49. The van der Waals surface area contributed by atoms with Crippen LogP contribution in [-0.4, -0.2) is 31.9 Å². The van der Waals surface area contributed by atoms with Crippen LogP contribution in [0.15, 0.2) is 18.2 Å². The van der Waals surface area contributed by atoms with Crippen LogP contribution in [0.2, 0.25) is 0 Å². The van der Waals surface area contributed by atoms with Crippen molar-refractivity contribution in [2.24, 2.45) is 0 Å². The normalized spacial score (nSPS) is 12.2. The van der Waals surface area contributed by atoms with Crippen molar-refractivity contribution in [1.29, 1.82) is 0 Å². The molecular weight excluding hydrogens is 202 g/mol. The molecule has 1 aromatic rings. The van der Waals surface area contributed by atoms with Gasteiger partial charge in [0.15, 0.2) is 0 Å². The number of hydrogen-bond donors (Lipinski definition) is 3. The molecule has 0 aliphatic rings. The number of nitrogens with two attached hydrogens (primary N) is 1. The van der Waals surface area contributed by atoms with Gasteiger partial charge in [0, 0.05) is 26.3 Å². The van der Waals surface area contributed by atoms with E-state index in [0.29, 0.717) is 0 Å². The lowest BCUT2D eigenvalue weighted by molar-refractivity contribution is 0.189. The lowest BCUT2D eigenvalue weighted by Gasteiger charge is -2.19. The van der Waals surface area contributed by atoms with E-state index in [4.69, 9.17) is 5.73 Å². The molecule has 0 amide bonds. The number of nitrogens with one attached hydrogen (secondary N) is 1. The molecule has 4 nitrogen and oxygen atoms in total. The van der Waals surface area contributed by atoms with Crippen LogP contribution in [0.3, 0.4) is 0 Å². The molecule has 0 radical (unpaired) electrons. The molecule has 0 bridgehead atoms. The molecule has 0 aliphatic carbocycles. The molecule has 1 rings (SSSR count). The maximum atomic E-state index is 9.19. The third kappa shape index (κ3) is 3.62. The molecule has 0 aromatic heterocycles. The zero-order chi connectivity index (χ0) is 12.1. The van der Waals surface area contributed by atoms with E-state index >= 15 is 0 Å².